The Morgan fingerprint density at radius 2 is 2.38 bits per heavy atom. The molecule has 1 aromatic heterocycles. The predicted octanol–water partition coefficient (Wildman–Crippen LogP) is 1.58. The van der Waals surface area contributed by atoms with Crippen molar-refractivity contribution in [1.29, 1.82) is 0 Å². The van der Waals surface area contributed by atoms with Crippen LogP contribution in [0, 0.1) is 0 Å². The Balaban J connectivity index is 2.28. The van der Waals surface area contributed by atoms with Gasteiger partial charge in [-0.2, -0.15) is 0 Å². The summed E-state index contributed by atoms with van der Waals surface area (Å²) in [6.07, 6.45) is 3.63. The fourth-order valence-corrected chi connectivity index (χ4v) is 1.37. The van der Waals surface area contributed by atoms with Gasteiger partial charge in [0.1, 0.15) is 0 Å². The van der Waals surface area contributed by atoms with Gasteiger partial charge in [-0.05, 0) is 27.6 Å². The largest absolute Gasteiger partial charge is 0.383 e. The number of hydrogen-bond donors (Lipinski definition) is 1. The second-order valence-electron chi connectivity index (χ2n) is 2.68. The standard InChI is InChI=1S/C9H13BrN2O/c1-13-3-2-11-5-8-4-9(10)7-12-6-8/h4,6-7,11H,2-3,5H2,1H3. The Kier molecular flexibility index (Phi) is 4.97. The molecular weight excluding hydrogens is 232 g/mol. The van der Waals surface area contributed by atoms with Gasteiger partial charge in [0.2, 0.25) is 0 Å². The highest BCUT2D eigenvalue weighted by Crippen LogP contribution is 2.08. The molecule has 0 aliphatic carbocycles. The van der Waals surface area contributed by atoms with E-state index in [0.29, 0.717) is 0 Å². The molecule has 4 heteroatoms. The van der Waals surface area contributed by atoms with Gasteiger partial charge in [0.15, 0.2) is 0 Å². The Hall–Kier alpha value is -0.450. The Morgan fingerprint density at radius 3 is 3.08 bits per heavy atom. The van der Waals surface area contributed by atoms with E-state index in [-0.39, 0.29) is 0 Å². The molecule has 0 fully saturated rings. The lowest BCUT2D eigenvalue weighted by molar-refractivity contribution is 0.199. The van der Waals surface area contributed by atoms with Crippen LogP contribution < -0.4 is 5.32 Å². The maximum atomic E-state index is 4.92. The summed E-state index contributed by atoms with van der Waals surface area (Å²) in [5.74, 6) is 0. The minimum atomic E-state index is 0.738. The number of rotatable bonds is 5. The Labute approximate surface area is 86.6 Å². The van der Waals surface area contributed by atoms with Crippen LogP contribution in [0.1, 0.15) is 5.56 Å². The molecule has 0 aliphatic heterocycles. The van der Waals surface area contributed by atoms with Gasteiger partial charge < -0.3 is 10.1 Å². The molecule has 1 N–H and O–H groups in total. The molecule has 72 valence electrons. The lowest BCUT2D eigenvalue weighted by Crippen LogP contribution is -2.18. The Bertz CT molecular complexity index is 255. The van der Waals surface area contributed by atoms with Gasteiger partial charge in [0.25, 0.3) is 0 Å². The molecule has 1 rings (SSSR count). The maximum Gasteiger partial charge on any atom is 0.0587 e. The van der Waals surface area contributed by atoms with Crippen molar-refractivity contribution in [2.45, 2.75) is 6.54 Å². The smallest absolute Gasteiger partial charge is 0.0587 e. The summed E-state index contributed by atoms with van der Waals surface area (Å²) in [6, 6.07) is 2.05. The SMILES string of the molecule is COCCNCc1cncc(Br)c1. The normalized spacial score (nSPS) is 10.3. The van der Waals surface area contributed by atoms with E-state index < -0.39 is 0 Å². The van der Waals surface area contributed by atoms with Crippen LogP contribution >= 0.6 is 15.9 Å². The second-order valence-corrected chi connectivity index (χ2v) is 3.60. The first kappa shape index (κ1) is 10.6. The zero-order chi connectivity index (χ0) is 9.52. The minimum Gasteiger partial charge on any atom is -0.383 e. The van der Waals surface area contributed by atoms with E-state index in [1.165, 1.54) is 5.56 Å². The highest BCUT2D eigenvalue weighted by molar-refractivity contribution is 9.10. The zero-order valence-electron chi connectivity index (χ0n) is 7.59. The number of nitrogens with one attached hydrogen (secondary N) is 1. The quantitative estimate of drug-likeness (QED) is 0.800. The Morgan fingerprint density at radius 1 is 1.54 bits per heavy atom. The van der Waals surface area contributed by atoms with E-state index in [9.17, 15) is 0 Å². The third kappa shape index (κ3) is 4.36. The number of pyridine rings is 1. The van der Waals surface area contributed by atoms with E-state index in [1.54, 1.807) is 13.3 Å². The fourth-order valence-electron chi connectivity index (χ4n) is 0.959. The summed E-state index contributed by atoms with van der Waals surface area (Å²) >= 11 is 3.37. The number of hydrogen-bond acceptors (Lipinski definition) is 3. The van der Waals surface area contributed by atoms with Crippen molar-refractivity contribution in [3.63, 3.8) is 0 Å². The molecule has 0 atom stereocenters. The van der Waals surface area contributed by atoms with Gasteiger partial charge in [0, 0.05) is 37.1 Å². The summed E-state index contributed by atoms with van der Waals surface area (Å²) in [7, 11) is 1.70. The fraction of sp³-hybridized carbons (Fsp3) is 0.444. The van der Waals surface area contributed by atoms with E-state index in [4.69, 9.17) is 4.74 Å². The van der Waals surface area contributed by atoms with Gasteiger partial charge in [-0.3, -0.25) is 4.98 Å². The van der Waals surface area contributed by atoms with Crippen LogP contribution in [0.25, 0.3) is 0 Å². The molecule has 0 bridgehead atoms. The summed E-state index contributed by atoms with van der Waals surface area (Å²) < 4.78 is 5.93. The molecule has 13 heavy (non-hydrogen) atoms. The van der Waals surface area contributed by atoms with Crippen molar-refractivity contribution in [1.82, 2.24) is 10.3 Å². The highest BCUT2D eigenvalue weighted by atomic mass is 79.9. The molecule has 0 unspecified atom stereocenters. The van der Waals surface area contributed by atoms with Crippen LogP contribution in [0.15, 0.2) is 22.9 Å². The van der Waals surface area contributed by atoms with Crippen LogP contribution in [0.5, 0.6) is 0 Å². The van der Waals surface area contributed by atoms with E-state index in [1.807, 2.05) is 12.3 Å². The van der Waals surface area contributed by atoms with Crippen molar-refractivity contribution in [3.05, 3.63) is 28.5 Å². The van der Waals surface area contributed by atoms with Crippen LogP contribution in [-0.2, 0) is 11.3 Å². The third-order valence-electron chi connectivity index (χ3n) is 1.57. The number of nitrogens with zero attached hydrogens (tertiary/aromatic N) is 1. The van der Waals surface area contributed by atoms with Crippen molar-refractivity contribution in [2.75, 3.05) is 20.3 Å². The molecule has 0 amide bonds. The minimum absolute atomic E-state index is 0.738. The lowest BCUT2D eigenvalue weighted by Gasteiger charge is -2.03. The molecule has 0 aromatic carbocycles. The number of aromatic nitrogens is 1. The predicted molar refractivity (Wildman–Crippen MR) is 55.5 cm³/mol. The summed E-state index contributed by atoms with van der Waals surface area (Å²) in [4.78, 5) is 4.06. The van der Waals surface area contributed by atoms with Crippen LogP contribution in [0.4, 0.5) is 0 Å². The average molecular weight is 245 g/mol. The lowest BCUT2D eigenvalue weighted by atomic mass is 10.3. The molecule has 0 aliphatic rings. The first-order valence-electron chi connectivity index (χ1n) is 4.12. The van der Waals surface area contributed by atoms with Crippen LogP contribution in [0.3, 0.4) is 0 Å². The molecule has 1 aromatic rings. The third-order valence-corrected chi connectivity index (χ3v) is 2.01. The number of ether oxygens (including phenoxy) is 1. The van der Waals surface area contributed by atoms with Crippen molar-refractivity contribution >= 4 is 15.9 Å². The van der Waals surface area contributed by atoms with Crippen LogP contribution in [0.2, 0.25) is 0 Å². The van der Waals surface area contributed by atoms with E-state index >= 15 is 0 Å². The molecule has 0 saturated carbocycles. The zero-order valence-corrected chi connectivity index (χ0v) is 9.17. The van der Waals surface area contributed by atoms with E-state index in [0.717, 1.165) is 24.2 Å². The van der Waals surface area contributed by atoms with Gasteiger partial charge in [-0.1, -0.05) is 0 Å². The number of methoxy groups -OCH3 is 1. The van der Waals surface area contributed by atoms with Gasteiger partial charge >= 0.3 is 0 Å². The maximum absolute atomic E-state index is 4.92. The molecular formula is C9H13BrN2O. The summed E-state index contributed by atoms with van der Waals surface area (Å²) in [5.41, 5.74) is 1.17. The first-order chi connectivity index (χ1) is 6.33. The van der Waals surface area contributed by atoms with E-state index in [2.05, 4.69) is 26.2 Å². The molecule has 3 nitrogen and oxygen atoms in total. The molecule has 1 heterocycles. The van der Waals surface area contributed by atoms with Gasteiger partial charge in [-0.15, -0.1) is 0 Å². The monoisotopic (exact) mass is 244 g/mol. The molecule has 0 radical (unpaired) electrons. The van der Waals surface area contributed by atoms with Gasteiger partial charge in [-0.25, -0.2) is 0 Å². The van der Waals surface area contributed by atoms with Crippen molar-refractivity contribution in [2.24, 2.45) is 0 Å². The first-order valence-corrected chi connectivity index (χ1v) is 4.91. The summed E-state index contributed by atoms with van der Waals surface area (Å²) in [5, 5.41) is 3.24. The van der Waals surface area contributed by atoms with Crippen LogP contribution in [-0.4, -0.2) is 25.2 Å². The van der Waals surface area contributed by atoms with Crippen molar-refractivity contribution < 1.29 is 4.74 Å². The van der Waals surface area contributed by atoms with Crippen molar-refractivity contribution in [3.8, 4) is 0 Å². The van der Waals surface area contributed by atoms with Gasteiger partial charge in [0.05, 0.1) is 6.61 Å². The molecule has 0 saturated heterocycles. The highest BCUT2D eigenvalue weighted by Gasteiger charge is 1.93. The second kappa shape index (κ2) is 6.07. The molecule has 0 spiro atoms. The summed E-state index contributed by atoms with van der Waals surface area (Å²) in [6.45, 7) is 2.43. The average Bonchev–Trinajstić information content (AvgIpc) is 2.13. The topological polar surface area (TPSA) is 34.1 Å². The number of halogens is 1.